The fourth-order valence-electron chi connectivity index (χ4n) is 1.97. The van der Waals surface area contributed by atoms with Crippen molar-refractivity contribution in [1.82, 2.24) is 14.9 Å². The zero-order chi connectivity index (χ0) is 16.1. The molecule has 1 heterocycles. The minimum atomic E-state index is -0.295. The number of nitrogens with zero attached hydrogens (tertiary/aromatic N) is 2. The highest BCUT2D eigenvalue weighted by Crippen LogP contribution is 2.13. The number of hydrogen-bond acceptors (Lipinski definition) is 3. The van der Waals surface area contributed by atoms with Gasteiger partial charge in [-0.25, -0.2) is 9.78 Å². The third-order valence-electron chi connectivity index (χ3n) is 3.42. The van der Waals surface area contributed by atoms with E-state index in [9.17, 15) is 9.59 Å². The number of aryl methyl sites for hydroxylation is 3. The molecule has 1 aromatic carbocycles. The van der Waals surface area contributed by atoms with Gasteiger partial charge in [0.2, 0.25) is 0 Å². The van der Waals surface area contributed by atoms with E-state index in [4.69, 9.17) is 0 Å². The molecule has 6 nitrogen and oxygen atoms in total. The highest BCUT2D eigenvalue weighted by molar-refractivity contribution is 5.89. The quantitative estimate of drug-likeness (QED) is 0.906. The van der Waals surface area contributed by atoms with E-state index < -0.39 is 0 Å². The van der Waals surface area contributed by atoms with Crippen molar-refractivity contribution >= 4 is 11.7 Å². The Balaban J connectivity index is 1.85. The minimum Gasteiger partial charge on any atom is -0.336 e. The standard InChI is InChI=1S/C16H20N4O2/c1-11-4-5-14(8-12(11)2)19-16(22)17-6-7-20-10-18-13(3)9-15(20)21/h4-5,8-10H,6-7H2,1-3H3,(H2,17,19,22). The molecular weight excluding hydrogens is 280 g/mol. The average molecular weight is 300 g/mol. The first kappa shape index (κ1) is 15.8. The molecule has 2 amide bonds. The van der Waals surface area contributed by atoms with Gasteiger partial charge in [-0.15, -0.1) is 0 Å². The molecule has 0 aliphatic heterocycles. The predicted molar refractivity (Wildman–Crippen MR) is 86.2 cm³/mol. The van der Waals surface area contributed by atoms with E-state index in [1.54, 1.807) is 6.92 Å². The van der Waals surface area contributed by atoms with E-state index in [0.717, 1.165) is 11.3 Å². The highest BCUT2D eigenvalue weighted by Gasteiger charge is 2.03. The number of carbonyl (C=O) groups is 1. The van der Waals surface area contributed by atoms with Gasteiger partial charge in [0.1, 0.15) is 0 Å². The summed E-state index contributed by atoms with van der Waals surface area (Å²) in [6.45, 7) is 6.51. The number of rotatable bonds is 4. The van der Waals surface area contributed by atoms with Gasteiger partial charge in [0.05, 0.1) is 6.33 Å². The number of nitrogens with one attached hydrogen (secondary N) is 2. The number of anilines is 1. The van der Waals surface area contributed by atoms with Crippen LogP contribution in [0.4, 0.5) is 10.5 Å². The third kappa shape index (κ3) is 4.18. The summed E-state index contributed by atoms with van der Waals surface area (Å²) in [5, 5.41) is 5.48. The molecule has 116 valence electrons. The van der Waals surface area contributed by atoms with Crippen LogP contribution in [0, 0.1) is 20.8 Å². The van der Waals surface area contributed by atoms with E-state index in [1.165, 1.54) is 22.5 Å². The molecule has 1 aromatic heterocycles. The molecule has 6 heteroatoms. The molecular formula is C16H20N4O2. The Hall–Kier alpha value is -2.63. The van der Waals surface area contributed by atoms with Crippen LogP contribution in [0.2, 0.25) is 0 Å². The van der Waals surface area contributed by atoms with Gasteiger partial charge in [-0.05, 0) is 44.0 Å². The van der Waals surface area contributed by atoms with E-state index >= 15 is 0 Å². The Kier molecular flexibility index (Phi) is 4.93. The van der Waals surface area contributed by atoms with Gasteiger partial charge in [0.15, 0.2) is 0 Å². The van der Waals surface area contributed by atoms with Gasteiger partial charge < -0.3 is 10.6 Å². The molecule has 2 rings (SSSR count). The molecule has 2 N–H and O–H groups in total. The molecule has 2 aromatic rings. The molecule has 0 aliphatic carbocycles. The van der Waals surface area contributed by atoms with E-state index in [2.05, 4.69) is 15.6 Å². The molecule has 0 bridgehead atoms. The summed E-state index contributed by atoms with van der Waals surface area (Å²) in [5.74, 6) is 0. The number of urea groups is 1. The van der Waals surface area contributed by atoms with Crippen LogP contribution < -0.4 is 16.2 Å². The van der Waals surface area contributed by atoms with Crippen LogP contribution in [-0.2, 0) is 6.54 Å². The lowest BCUT2D eigenvalue weighted by Crippen LogP contribution is -2.33. The van der Waals surface area contributed by atoms with Crippen molar-refractivity contribution in [2.24, 2.45) is 0 Å². The van der Waals surface area contributed by atoms with Gasteiger partial charge in [-0.1, -0.05) is 6.07 Å². The third-order valence-corrected chi connectivity index (χ3v) is 3.42. The second kappa shape index (κ2) is 6.89. The van der Waals surface area contributed by atoms with Crippen molar-refractivity contribution in [2.75, 3.05) is 11.9 Å². The van der Waals surface area contributed by atoms with Crippen LogP contribution in [0.5, 0.6) is 0 Å². The zero-order valence-corrected chi connectivity index (χ0v) is 13.0. The van der Waals surface area contributed by atoms with E-state index in [0.29, 0.717) is 18.8 Å². The minimum absolute atomic E-state index is 0.121. The Morgan fingerprint density at radius 3 is 2.64 bits per heavy atom. The lowest BCUT2D eigenvalue weighted by Gasteiger charge is -2.10. The maximum atomic E-state index is 11.8. The van der Waals surface area contributed by atoms with Crippen molar-refractivity contribution in [3.05, 3.63) is 57.8 Å². The molecule has 0 saturated heterocycles. The average Bonchev–Trinajstić information content (AvgIpc) is 2.45. The molecule has 0 spiro atoms. The largest absolute Gasteiger partial charge is 0.336 e. The van der Waals surface area contributed by atoms with E-state index in [1.807, 2.05) is 32.0 Å². The lowest BCUT2D eigenvalue weighted by molar-refractivity contribution is 0.251. The van der Waals surface area contributed by atoms with E-state index in [-0.39, 0.29) is 11.6 Å². The summed E-state index contributed by atoms with van der Waals surface area (Å²) >= 11 is 0. The van der Waals surface area contributed by atoms with Gasteiger partial charge in [-0.3, -0.25) is 9.36 Å². The van der Waals surface area contributed by atoms with Crippen molar-refractivity contribution < 1.29 is 4.79 Å². The Labute approximate surface area is 129 Å². The SMILES string of the molecule is Cc1cc(=O)n(CCNC(=O)Nc2ccc(C)c(C)c2)cn1. The summed E-state index contributed by atoms with van der Waals surface area (Å²) in [6.07, 6.45) is 1.49. The van der Waals surface area contributed by atoms with Gasteiger partial charge in [0.25, 0.3) is 5.56 Å². The number of carbonyl (C=O) groups excluding carboxylic acids is 1. The molecule has 0 fully saturated rings. The summed E-state index contributed by atoms with van der Waals surface area (Å²) < 4.78 is 1.46. The molecule has 0 aliphatic rings. The first-order valence-corrected chi connectivity index (χ1v) is 7.11. The fraction of sp³-hybridized carbons (Fsp3) is 0.312. The zero-order valence-electron chi connectivity index (χ0n) is 13.0. The van der Waals surface area contributed by atoms with Crippen molar-refractivity contribution in [3.63, 3.8) is 0 Å². The normalized spacial score (nSPS) is 10.3. The number of aromatic nitrogens is 2. The Morgan fingerprint density at radius 1 is 1.18 bits per heavy atom. The summed E-state index contributed by atoms with van der Waals surface area (Å²) in [7, 11) is 0. The topological polar surface area (TPSA) is 76.0 Å². The Bertz CT molecular complexity index is 737. The maximum absolute atomic E-state index is 11.8. The fourth-order valence-corrected chi connectivity index (χ4v) is 1.97. The van der Waals surface area contributed by atoms with Crippen LogP contribution in [0.3, 0.4) is 0 Å². The first-order valence-electron chi connectivity index (χ1n) is 7.11. The van der Waals surface area contributed by atoms with Gasteiger partial charge >= 0.3 is 6.03 Å². The first-order chi connectivity index (χ1) is 10.5. The smallest absolute Gasteiger partial charge is 0.319 e. The van der Waals surface area contributed by atoms with Crippen LogP contribution in [0.1, 0.15) is 16.8 Å². The molecule has 0 unspecified atom stereocenters. The number of amides is 2. The maximum Gasteiger partial charge on any atom is 0.319 e. The van der Waals surface area contributed by atoms with Crippen molar-refractivity contribution in [2.45, 2.75) is 27.3 Å². The monoisotopic (exact) mass is 300 g/mol. The van der Waals surface area contributed by atoms with Crippen LogP contribution in [-0.4, -0.2) is 22.1 Å². The van der Waals surface area contributed by atoms with Crippen LogP contribution in [0.25, 0.3) is 0 Å². The second-order valence-corrected chi connectivity index (χ2v) is 5.24. The van der Waals surface area contributed by atoms with Crippen molar-refractivity contribution in [1.29, 1.82) is 0 Å². The van der Waals surface area contributed by atoms with Crippen LogP contribution in [0.15, 0.2) is 35.4 Å². The number of benzene rings is 1. The Morgan fingerprint density at radius 2 is 1.95 bits per heavy atom. The summed E-state index contributed by atoms with van der Waals surface area (Å²) in [5.41, 5.74) is 3.60. The molecule has 0 atom stereocenters. The predicted octanol–water partition coefficient (Wildman–Crippen LogP) is 1.99. The lowest BCUT2D eigenvalue weighted by atomic mass is 10.1. The van der Waals surface area contributed by atoms with Crippen LogP contribution >= 0.6 is 0 Å². The molecule has 22 heavy (non-hydrogen) atoms. The molecule has 0 radical (unpaired) electrons. The second-order valence-electron chi connectivity index (χ2n) is 5.24. The summed E-state index contributed by atoms with van der Waals surface area (Å²) in [6, 6.07) is 6.91. The van der Waals surface area contributed by atoms with Gasteiger partial charge in [0, 0.05) is 30.5 Å². The summed E-state index contributed by atoms with van der Waals surface area (Å²) in [4.78, 5) is 27.5. The number of hydrogen-bond donors (Lipinski definition) is 2. The molecule has 0 saturated carbocycles. The van der Waals surface area contributed by atoms with Gasteiger partial charge in [-0.2, -0.15) is 0 Å². The van der Waals surface area contributed by atoms with Crippen molar-refractivity contribution in [3.8, 4) is 0 Å². The highest BCUT2D eigenvalue weighted by atomic mass is 16.2.